The highest BCUT2D eigenvalue weighted by atomic mass is 32.1. The number of likely N-dealkylation sites (N-methyl/N-ethyl adjacent to an activating group) is 1. The Kier molecular flexibility index (Phi) is 5.44. The van der Waals surface area contributed by atoms with E-state index in [2.05, 4.69) is 56.4 Å². The number of H-pyrrole nitrogens is 1. The minimum Gasteiger partial charge on any atom is -0.424 e. The minimum atomic E-state index is 0.333. The maximum Gasteiger partial charge on any atom is 0.325 e. The fraction of sp³-hybridized carbons (Fsp3) is 0.348. The summed E-state index contributed by atoms with van der Waals surface area (Å²) < 4.78 is 10.6. The first-order chi connectivity index (χ1) is 15.4. The molecule has 5 rings (SSSR count). The first-order valence-corrected chi connectivity index (χ1v) is 11.5. The van der Waals surface area contributed by atoms with E-state index in [4.69, 9.17) is 9.72 Å². The fourth-order valence-corrected chi connectivity index (χ4v) is 4.61. The van der Waals surface area contributed by atoms with E-state index in [1.807, 2.05) is 31.2 Å². The topological polar surface area (TPSA) is 82.2 Å². The van der Waals surface area contributed by atoms with Gasteiger partial charge in [-0.2, -0.15) is 14.3 Å². The van der Waals surface area contributed by atoms with Crippen LogP contribution in [0.25, 0.3) is 10.9 Å². The van der Waals surface area contributed by atoms with Crippen molar-refractivity contribution >= 4 is 39.1 Å². The smallest absolute Gasteiger partial charge is 0.325 e. The molecule has 166 valence electrons. The summed E-state index contributed by atoms with van der Waals surface area (Å²) in [4.78, 5) is 17.4. The van der Waals surface area contributed by atoms with Gasteiger partial charge < -0.3 is 24.8 Å². The number of benzene rings is 1. The molecule has 9 heteroatoms. The van der Waals surface area contributed by atoms with E-state index in [1.54, 1.807) is 0 Å². The van der Waals surface area contributed by atoms with Gasteiger partial charge in [-0.1, -0.05) is 0 Å². The molecule has 1 fully saturated rings. The molecule has 1 aliphatic rings. The number of hydrogen-bond donors (Lipinski definition) is 2. The molecule has 0 aliphatic carbocycles. The first kappa shape index (κ1) is 20.7. The minimum absolute atomic E-state index is 0.333. The Morgan fingerprint density at radius 1 is 1.03 bits per heavy atom. The van der Waals surface area contributed by atoms with Gasteiger partial charge in [-0.3, -0.25) is 0 Å². The van der Waals surface area contributed by atoms with Crippen LogP contribution in [0.1, 0.15) is 17.0 Å². The highest BCUT2D eigenvalue weighted by molar-refractivity contribution is 7.10. The van der Waals surface area contributed by atoms with Crippen molar-refractivity contribution in [3.8, 4) is 11.8 Å². The summed E-state index contributed by atoms with van der Waals surface area (Å²) in [6, 6.07) is 10.5. The van der Waals surface area contributed by atoms with Crippen molar-refractivity contribution < 1.29 is 4.74 Å². The number of piperazine rings is 1. The number of hydrogen-bond acceptors (Lipinski definition) is 8. The Balaban J connectivity index is 1.49. The van der Waals surface area contributed by atoms with Gasteiger partial charge >= 0.3 is 6.01 Å². The molecular weight excluding hydrogens is 422 g/mol. The van der Waals surface area contributed by atoms with Crippen molar-refractivity contribution in [2.45, 2.75) is 20.8 Å². The number of nitrogens with zero attached hydrogens (tertiary/aromatic N) is 5. The second-order valence-electron chi connectivity index (χ2n) is 8.35. The molecule has 32 heavy (non-hydrogen) atoms. The third kappa shape index (κ3) is 4.26. The molecule has 0 saturated carbocycles. The van der Waals surface area contributed by atoms with Gasteiger partial charge in [-0.05, 0) is 63.6 Å². The standard InChI is InChI=1S/C23H27N7OS/c1-14-11-17-16(3)19(6-5-18(17)24-14)31-23-26-20(25-22-12-15(2)28-32-22)13-21(27-23)30-9-7-29(4)8-10-30/h5-6,11-13,24H,7-10H2,1-4H3,(H,25,26,27). The van der Waals surface area contributed by atoms with Crippen LogP contribution in [0, 0.1) is 20.8 Å². The number of aromatic amines is 1. The molecule has 0 unspecified atom stereocenters. The van der Waals surface area contributed by atoms with E-state index < -0.39 is 0 Å². The van der Waals surface area contributed by atoms with Crippen LogP contribution in [0.2, 0.25) is 0 Å². The monoisotopic (exact) mass is 449 g/mol. The van der Waals surface area contributed by atoms with Gasteiger partial charge in [0.2, 0.25) is 0 Å². The van der Waals surface area contributed by atoms with Crippen LogP contribution in [0.4, 0.5) is 16.6 Å². The number of aryl methyl sites for hydroxylation is 3. The van der Waals surface area contributed by atoms with Crippen molar-refractivity contribution in [2.24, 2.45) is 0 Å². The third-order valence-corrected chi connectivity index (χ3v) is 6.55. The number of fused-ring (bicyclic) bond motifs is 1. The van der Waals surface area contributed by atoms with Gasteiger partial charge in [-0.15, -0.1) is 0 Å². The summed E-state index contributed by atoms with van der Waals surface area (Å²) in [5.41, 5.74) is 4.27. The lowest BCUT2D eigenvalue weighted by atomic mass is 10.1. The van der Waals surface area contributed by atoms with Crippen molar-refractivity contribution in [3.63, 3.8) is 0 Å². The molecule has 0 bridgehead atoms. The van der Waals surface area contributed by atoms with E-state index >= 15 is 0 Å². The second-order valence-corrected chi connectivity index (χ2v) is 9.15. The molecule has 2 N–H and O–H groups in total. The Bertz CT molecular complexity index is 1260. The lowest BCUT2D eigenvalue weighted by molar-refractivity contribution is 0.311. The average molecular weight is 450 g/mol. The highest BCUT2D eigenvalue weighted by Crippen LogP contribution is 2.32. The lowest BCUT2D eigenvalue weighted by Crippen LogP contribution is -2.44. The maximum absolute atomic E-state index is 6.24. The van der Waals surface area contributed by atoms with Gasteiger partial charge in [-0.25, -0.2) is 0 Å². The molecule has 0 atom stereocenters. The van der Waals surface area contributed by atoms with Gasteiger partial charge in [0, 0.05) is 54.4 Å². The first-order valence-electron chi connectivity index (χ1n) is 10.7. The van der Waals surface area contributed by atoms with Gasteiger partial charge in [0.1, 0.15) is 22.4 Å². The molecule has 1 aliphatic heterocycles. The Labute approximate surface area is 191 Å². The van der Waals surface area contributed by atoms with Crippen LogP contribution in [0.5, 0.6) is 11.8 Å². The van der Waals surface area contributed by atoms with Crippen molar-refractivity contribution in [1.82, 2.24) is 24.2 Å². The summed E-state index contributed by atoms with van der Waals surface area (Å²) >= 11 is 1.42. The lowest BCUT2D eigenvalue weighted by Gasteiger charge is -2.33. The molecule has 0 radical (unpaired) electrons. The summed E-state index contributed by atoms with van der Waals surface area (Å²) in [7, 11) is 2.15. The molecular formula is C23H27N7OS. The third-order valence-electron chi connectivity index (χ3n) is 5.76. The molecule has 4 heterocycles. The number of aromatic nitrogens is 4. The van der Waals surface area contributed by atoms with Crippen molar-refractivity contribution in [2.75, 3.05) is 43.4 Å². The SMILES string of the molecule is Cc1cc(Nc2cc(N3CCN(C)CC3)nc(Oc3ccc4[nH]c(C)cc4c3C)n2)sn1. The predicted octanol–water partition coefficient (Wildman–Crippen LogP) is 4.63. The van der Waals surface area contributed by atoms with Gasteiger partial charge in [0.05, 0.1) is 5.69 Å². The normalized spacial score (nSPS) is 14.8. The van der Waals surface area contributed by atoms with Crippen LogP contribution in [0.15, 0.2) is 30.3 Å². The van der Waals surface area contributed by atoms with E-state index in [-0.39, 0.29) is 0 Å². The van der Waals surface area contributed by atoms with Crippen LogP contribution in [0.3, 0.4) is 0 Å². The summed E-state index contributed by atoms with van der Waals surface area (Å²) in [6.07, 6.45) is 0. The van der Waals surface area contributed by atoms with Crippen molar-refractivity contribution in [1.29, 1.82) is 0 Å². The average Bonchev–Trinajstić information content (AvgIpc) is 3.35. The molecule has 4 aromatic rings. The zero-order valence-corrected chi connectivity index (χ0v) is 19.6. The molecule has 0 amide bonds. The summed E-state index contributed by atoms with van der Waals surface area (Å²) in [5, 5.41) is 5.46. The summed E-state index contributed by atoms with van der Waals surface area (Å²) in [6.45, 7) is 9.93. The largest absolute Gasteiger partial charge is 0.424 e. The van der Waals surface area contributed by atoms with E-state index in [0.717, 1.165) is 70.6 Å². The zero-order valence-electron chi connectivity index (χ0n) is 18.8. The number of nitrogens with one attached hydrogen (secondary N) is 2. The van der Waals surface area contributed by atoms with E-state index in [0.29, 0.717) is 11.8 Å². The molecule has 1 aromatic carbocycles. The number of rotatable bonds is 5. The van der Waals surface area contributed by atoms with Crippen LogP contribution in [-0.4, -0.2) is 57.5 Å². The zero-order chi connectivity index (χ0) is 22.2. The van der Waals surface area contributed by atoms with Crippen molar-refractivity contribution in [3.05, 3.63) is 47.3 Å². The maximum atomic E-state index is 6.24. The molecule has 0 spiro atoms. The Morgan fingerprint density at radius 2 is 1.84 bits per heavy atom. The Hall–Kier alpha value is -3.17. The van der Waals surface area contributed by atoms with E-state index in [1.165, 1.54) is 11.5 Å². The Morgan fingerprint density at radius 3 is 2.59 bits per heavy atom. The highest BCUT2D eigenvalue weighted by Gasteiger charge is 2.19. The molecule has 1 saturated heterocycles. The van der Waals surface area contributed by atoms with Crippen LogP contribution in [-0.2, 0) is 0 Å². The summed E-state index contributed by atoms with van der Waals surface area (Å²) in [5.74, 6) is 2.32. The number of anilines is 3. The molecule has 8 nitrogen and oxygen atoms in total. The fourth-order valence-electron chi connectivity index (χ4n) is 3.95. The van der Waals surface area contributed by atoms with Gasteiger partial charge in [0.15, 0.2) is 0 Å². The van der Waals surface area contributed by atoms with Crippen LogP contribution >= 0.6 is 11.5 Å². The van der Waals surface area contributed by atoms with Crippen LogP contribution < -0.4 is 15.0 Å². The predicted molar refractivity (Wildman–Crippen MR) is 130 cm³/mol. The number of ether oxygens (including phenoxy) is 1. The second kappa shape index (κ2) is 8.40. The van der Waals surface area contributed by atoms with Gasteiger partial charge in [0.25, 0.3) is 0 Å². The molecule has 3 aromatic heterocycles. The van der Waals surface area contributed by atoms with E-state index in [9.17, 15) is 0 Å². The quantitative estimate of drug-likeness (QED) is 0.460.